The SMILES string of the molecule is NC(=O)c1cc(NC(=O)c2sccc2-n2cccc2)ccc1F. The lowest BCUT2D eigenvalue weighted by Crippen LogP contribution is -2.16. The van der Waals surface area contributed by atoms with Gasteiger partial charge in [-0.3, -0.25) is 9.59 Å². The molecule has 116 valence electrons. The number of primary amides is 1. The summed E-state index contributed by atoms with van der Waals surface area (Å²) >= 11 is 1.29. The smallest absolute Gasteiger partial charge is 0.267 e. The van der Waals surface area contributed by atoms with Crippen molar-refractivity contribution in [3.8, 4) is 5.69 Å². The van der Waals surface area contributed by atoms with Gasteiger partial charge in [-0.15, -0.1) is 11.3 Å². The molecule has 3 rings (SSSR count). The van der Waals surface area contributed by atoms with Crippen LogP contribution in [0.5, 0.6) is 0 Å². The van der Waals surface area contributed by atoms with Crippen LogP contribution in [0, 0.1) is 5.82 Å². The molecule has 0 aliphatic carbocycles. The lowest BCUT2D eigenvalue weighted by molar-refractivity contribution is 0.0993. The standard InChI is InChI=1S/C16H12FN3O2S/c17-12-4-3-10(9-11(12)15(18)21)19-16(22)14-13(5-8-23-14)20-6-1-2-7-20/h1-9H,(H2,18,21)(H,19,22). The Morgan fingerprint density at radius 1 is 1.17 bits per heavy atom. The molecule has 2 heterocycles. The summed E-state index contributed by atoms with van der Waals surface area (Å²) in [4.78, 5) is 24.1. The van der Waals surface area contributed by atoms with E-state index >= 15 is 0 Å². The number of amides is 2. The van der Waals surface area contributed by atoms with E-state index in [9.17, 15) is 14.0 Å². The van der Waals surface area contributed by atoms with Crippen LogP contribution < -0.4 is 11.1 Å². The van der Waals surface area contributed by atoms with Crippen LogP contribution in [0.2, 0.25) is 0 Å². The normalized spacial score (nSPS) is 10.5. The van der Waals surface area contributed by atoms with E-state index in [1.165, 1.54) is 23.5 Å². The van der Waals surface area contributed by atoms with Gasteiger partial charge in [-0.05, 0) is 41.8 Å². The molecule has 3 aromatic rings. The molecule has 0 saturated carbocycles. The van der Waals surface area contributed by atoms with Crippen molar-refractivity contribution in [1.82, 2.24) is 4.57 Å². The number of nitrogens with one attached hydrogen (secondary N) is 1. The van der Waals surface area contributed by atoms with Crippen molar-refractivity contribution in [2.24, 2.45) is 5.73 Å². The summed E-state index contributed by atoms with van der Waals surface area (Å²) in [6.45, 7) is 0. The van der Waals surface area contributed by atoms with Gasteiger partial charge >= 0.3 is 0 Å². The van der Waals surface area contributed by atoms with Gasteiger partial charge in [0, 0.05) is 18.1 Å². The highest BCUT2D eigenvalue weighted by Gasteiger charge is 2.16. The number of carbonyl (C=O) groups is 2. The fraction of sp³-hybridized carbons (Fsp3) is 0. The molecule has 0 spiro atoms. The molecule has 2 amide bonds. The van der Waals surface area contributed by atoms with E-state index in [4.69, 9.17) is 5.73 Å². The second kappa shape index (κ2) is 6.05. The van der Waals surface area contributed by atoms with Crippen LogP contribution in [0.1, 0.15) is 20.0 Å². The number of aromatic nitrogens is 1. The largest absolute Gasteiger partial charge is 0.366 e. The average Bonchev–Trinajstić information content (AvgIpc) is 3.19. The zero-order valence-electron chi connectivity index (χ0n) is 11.8. The van der Waals surface area contributed by atoms with Crippen molar-refractivity contribution in [3.05, 3.63) is 70.4 Å². The Bertz CT molecular complexity index is 871. The van der Waals surface area contributed by atoms with Crippen molar-refractivity contribution >= 4 is 28.8 Å². The minimum absolute atomic E-state index is 0.264. The van der Waals surface area contributed by atoms with Gasteiger partial charge in [-0.25, -0.2) is 4.39 Å². The molecule has 23 heavy (non-hydrogen) atoms. The lowest BCUT2D eigenvalue weighted by Gasteiger charge is -2.08. The third-order valence-electron chi connectivity index (χ3n) is 3.22. The Kier molecular flexibility index (Phi) is 3.94. The molecule has 0 saturated heterocycles. The van der Waals surface area contributed by atoms with Crippen LogP contribution in [-0.2, 0) is 0 Å². The fourth-order valence-corrected chi connectivity index (χ4v) is 2.94. The Balaban J connectivity index is 1.88. The predicted octanol–water partition coefficient (Wildman–Crippen LogP) is 3.03. The Morgan fingerprint density at radius 3 is 2.61 bits per heavy atom. The maximum Gasteiger partial charge on any atom is 0.267 e. The summed E-state index contributed by atoms with van der Waals surface area (Å²) in [6, 6.07) is 9.24. The molecule has 0 bridgehead atoms. The van der Waals surface area contributed by atoms with Gasteiger partial charge in [0.2, 0.25) is 0 Å². The molecular weight excluding hydrogens is 317 g/mol. The van der Waals surface area contributed by atoms with Crippen molar-refractivity contribution in [1.29, 1.82) is 0 Å². The summed E-state index contributed by atoms with van der Waals surface area (Å²) in [6.07, 6.45) is 3.67. The fourth-order valence-electron chi connectivity index (χ4n) is 2.15. The Labute approximate surface area is 135 Å². The maximum atomic E-state index is 13.5. The number of benzene rings is 1. The third kappa shape index (κ3) is 3.00. The molecule has 2 aromatic heterocycles. The number of anilines is 1. The quantitative estimate of drug-likeness (QED) is 0.772. The molecule has 0 unspecified atom stereocenters. The second-order valence-corrected chi connectivity index (χ2v) is 5.65. The minimum atomic E-state index is -0.886. The van der Waals surface area contributed by atoms with E-state index in [1.807, 2.05) is 40.5 Å². The molecular formula is C16H12FN3O2S. The van der Waals surface area contributed by atoms with Gasteiger partial charge in [0.1, 0.15) is 10.7 Å². The number of nitrogens with zero attached hydrogens (tertiary/aromatic N) is 1. The van der Waals surface area contributed by atoms with E-state index in [2.05, 4.69) is 5.32 Å². The molecule has 7 heteroatoms. The van der Waals surface area contributed by atoms with Gasteiger partial charge in [0.05, 0.1) is 11.3 Å². The van der Waals surface area contributed by atoms with E-state index in [-0.39, 0.29) is 11.5 Å². The Morgan fingerprint density at radius 2 is 1.91 bits per heavy atom. The molecule has 3 N–H and O–H groups in total. The van der Waals surface area contributed by atoms with E-state index < -0.39 is 11.7 Å². The lowest BCUT2D eigenvalue weighted by atomic mass is 10.1. The van der Waals surface area contributed by atoms with Gasteiger partial charge in [-0.1, -0.05) is 0 Å². The predicted molar refractivity (Wildman–Crippen MR) is 86.5 cm³/mol. The number of thiophene rings is 1. The first-order valence-corrected chi connectivity index (χ1v) is 7.56. The molecule has 0 radical (unpaired) electrons. The van der Waals surface area contributed by atoms with Gasteiger partial charge in [0.15, 0.2) is 0 Å². The van der Waals surface area contributed by atoms with Crippen molar-refractivity contribution in [2.75, 3.05) is 5.32 Å². The monoisotopic (exact) mass is 329 g/mol. The highest BCUT2D eigenvalue weighted by Crippen LogP contribution is 2.23. The first-order chi connectivity index (χ1) is 11.1. The Hall–Kier alpha value is -2.93. The van der Waals surface area contributed by atoms with E-state index in [0.717, 1.165) is 11.8 Å². The molecule has 0 atom stereocenters. The van der Waals surface area contributed by atoms with Crippen LogP contribution in [-0.4, -0.2) is 16.4 Å². The summed E-state index contributed by atoms with van der Waals surface area (Å²) in [5, 5.41) is 4.46. The summed E-state index contributed by atoms with van der Waals surface area (Å²) in [5.41, 5.74) is 5.89. The molecule has 0 aliphatic heterocycles. The first-order valence-electron chi connectivity index (χ1n) is 6.68. The number of nitrogens with two attached hydrogens (primary N) is 1. The summed E-state index contributed by atoms with van der Waals surface area (Å²) in [7, 11) is 0. The summed E-state index contributed by atoms with van der Waals surface area (Å²) < 4.78 is 15.3. The molecule has 0 aliphatic rings. The van der Waals surface area contributed by atoms with Crippen LogP contribution in [0.4, 0.5) is 10.1 Å². The molecule has 5 nitrogen and oxygen atoms in total. The summed E-state index contributed by atoms with van der Waals surface area (Å²) in [5.74, 6) is -1.95. The third-order valence-corrected chi connectivity index (χ3v) is 4.13. The highest BCUT2D eigenvalue weighted by molar-refractivity contribution is 7.12. The minimum Gasteiger partial charge on any atom is -0.366 e. The van der Waals surface area contributed by atoms with Crippen LogP contribution in [0.15, 0.2) is 54.2 Å². The second-order valence-electron chi connectivity index (χ2n) is 4.74. The van der Waals surface area contributed by atoms with Crippen LogP contribution >= 0.6 is 11.3 Å². The average molecular weight is 329 g/mol. The van der Waals surface area contributed by atoms with Crippen molar-refractivity contribution in [2.45, 2.75) is 0 Å². The van der Waals surface area contributed by atoms with Gasteiger partial charge in [-0.2, -0.15) is 0 Å². The highest BCUT2D eigenvalue weighted by atomic mass is 32.1. The number of hydrogen-bond acceptors (Lipinski definition) is 3. The van der Waals surface area contributed by atoms with Gasteiger partial charge < -0.3 is 15.6 Å². The molecule has 1 aromatic carbocycles. The topological polar surface area (TPSA) is 77.1 Å². The van der Waals surface area contributed by atoms with Gasteiger partial charge in [0.25, 0.3) is 11.8 Å². The van der Waals surface area contributed by atoms with Crippen LogP contribution in [0.3, 0.4) is 0 Å². The zero-order chi connectivity index (χ0) is 16.4. The number of rotatable bonds is 4. The number of hydrogen-bond donors (Lipinski definition) is 2. The van der Waals surface area contributed by atoms with Crippen molar-refractivity contribution < 1.29 is 14.0 Å². The molecule has 0 fully saturated rings. The number of halogens is 1. The van der Waals surface area contributed by atoms with Crippen molar-refractivity contribution in [3.63, 3.8) is 0 Å². The number of carbonyl (C=O) groups excluding carboxylic acids is 2. The zero-order valence-corrected chi connectivity index (χ0v) is 12.6. The maximum absolute atomic E-state index is 13.5. The van der Waals surface area contributed by atoms with E-state index in [0.29, 0.717) is 10.6 Å². The first kappa shape index (κ1) is 15.0. The van der Waals surface area contributed by atoms with E-state index in [1.54, 1.807) is 0 Å². The van der Waals surface area contributed by atoms with Crippen LogP contribution in [0.25, 0.3) is 5.69 Å².